The molecule has 0 aliphatic carbocycles. The first kappa shape index (κ1) is 14.9. The zero-order valence-electron chi connectivity index (χ0n) is 10.7. The van der Waals surface area contributed by atoms with Gasteiger partial charge in [0.2, 0.25) is 5.91 Å². The van der Waals surface area contributed by atoms with Gasteiger partial charge in [0.05, 0.1) is 17.3 Å². The Morgan fingerprint density at radius 2 is 2.21 bits per heavy atom. The number of pyridine rings is 1. The summed E-state index contributed by atoms with van der Waals surface area (Å²) in [6.45, 7) is 3.14. The van der Waals surface area contributed by atoms with Crippen LogP contribution in [-0.2, 0) is 9.53 Å². The first-order chi connectivity index (χ1) is 8.92. The van der Waals surface area contributed by atoms with E-state index in [-0.39, 0.29) is 34.6 Å². The van der Waals surface area contributed by atoms with Crippen molar-refractivity contribution in [1.82, 2.24) is 4.98 Å². The Bertz CT molecular complexity index is 566. The summed E-state index contributed by atoms with van der Waals surface area (Å²) in [6.07, 6.45) is 0. The van der Waals surface area contributed by atoms with Crippen LogP contribution in [0.15, 0.2) is 6.07 Å². The number of hydrogen-bond acceptors (Lipinski definition) is 5. The molecular weight excluding hydrogens is 270 g/mol. The van der Waals surface area contributed by atoms with Crippen LogP contribution in [0.5, 0.6) is 0 Å². The molecular formula is C12H12ClN3O3. The van der Waals surface area contributed by atoms with E-state index in [1.54, 1.807) is 13.0 Å². The monoisotopic (exact) mass is 281 g/mol. The molecule has 1 amide bonds. The van der Waals surface area contributed by atoms with Crippen LogP contribution in [0, 0.1) is 11.3 Å². The maximum atomic E-state index is 11.8. The molecule has 0 radical (unpaired) electrons. The highest BCUT2D eigenvalue weighted by atomic mass is 35.5. The van der Waals surface area contributed by atoms with Gasteiger partial charge in [-0.25, -0.2) is 9.78 Å². The Labute approximate surface area is 115 Å². The fraction of sp³-hybridized carbons (Fsp3) is 0.333. The van der Waals surface area contributed by atoms with Gasteiger partial charge in [-0.05, 0) is 13.0 Å². The van der Waals surface area contributed by atoms with Crippen LogP contribution in [0.2, 0.25) is 5.02 Å². The van der Waals surface area contributed by atoms with Crippen LogP contribution in [0.1, 0.15) is 30.0 Å². The standard InChI is InChI=1S/C12H12ClN3O3/c1-4-19-12(18)11-10(16(3)7(2)17)5-8(13)9(6-14)15-11/h5H,4H2,1-3H3. The fourth-order valence-electron chi connectivity index (χ4n) is 1.33. The lowest BCUT2D eigenvalue weighted by Gasteiger charge is -2.18. The van der Waals surface area contributed by atoms with Gasteiger partial charge in [-0.2, -0.15) is 5.26 Å². The van der Waals surface area contributed by atoms with E-state index in [1.165, 1.54) is 24.9 Å². The largest absolute Gasteiger partial charge is 0.461 e. The predicted octanol–water partition coefficient (Wildman–Crippen LogP) is 1.77. The molecule has 6 nitrogen and oxygen atoms in total. The van der Waals surface area contributed by atoms with Crippen LogP contribution in [0.4, 0.5) is 5.69 Å². The molecule has 0 bridgehead atoms. The van der Waals surface area contributed by atoms with Crippen LogP contribution in [0.25, 0.3) is 0 Å². The second kappa shape index (κ2) is 6.16. The van der Waals surface area contributed by atoms with Gasteiger partial charge in [0.1, 0.15) is 6.07 Å². The number of anilines is 1. The van der Waals surface area contributed by atoms with Gasteiger partial charge in [0.15, 0.2) is 11.4 Å². The summed E-state index contributed by atoms with van der Waals surface area (Å²) < 4.78 is 4.85. The summed E-state index contributed by atoms with van der Waals surface area (Å²) in [4.78, 5) is 28.2. The van der Waals surface area contributed by atoms with Crippen molar-refractivity contribution in [3.05, 3.63) is 22.5 Å². The van der Waals surface area contributed by atoms with Crippen molar-refractivity contribution in [2.24, 2.45) is 0 Å². The van der Waals surface area contributed by atoms with Crippen molar-refractivity contribution >= 4 is 29.2 Å². The first-order valence-electron chi connectivity index (χ1n) is 5.44. The first-order valence-corrected chi connectivity index (χ1v) is 5.82. The lowest BCUT2D eigenvalue weighted by molar-refractivity contribution is -0.116. The fourth-order valence-corrected chi connectivity index (χ4v) is 1.52. The predicted molar refractivity (Wildman–Crippen MR) is 69.0 cm³/mol. The maximum absolute atomic E-state index is 11.8. The smallest absolute Gasteiger partial charge is 0.359 e. The molecule has 1 heterocycles. The van der Waals surface area contributed by atoms with Gasteiger partial charge in [-0.15, -0.1) is 0 Å². The zero-order chi connectivity index (χ0) is 14.6. The quantitative estimate of drug-likeness (QED) is 0.788. The number of nitrogens with zero attached hydrogens (tertiary/aromatic N) is 3. The van der Waals surface area contributed by atoms with Gasteiger partial charge in [0, 0.05) is 14.0 Å². The molecule has 0 aliphatic heterocycles. The van der Waals surface area contributed by atoms with Crippen molar-refractivity contribution in [2.45, 2.75) is 13.8 Å². The number of rotatable bonds is 3. The molecule has 7 heteroatoms. The number of hydrogen-bond donors (Lipinski definition) is 0. The Morgan fingerprint density at radius 1 is 1.58 bits per heavy atom. The molecule has 100 valence electrons. The Balaban J connectivity index is 3.43. The third-order valence-corrected chi connectivity index (χ3v) is 2.65. The number of carbonyl (C=O) groups is 2. The molecule has 1 rings (SSSR count). The molecule has 0 fully saturated rings. The minimum Gasteiger partial charge on any atom is -0.461 e. The molecule has 0 aliphatic rings. The summed E-state index contributed by atoms with van der Waals surface area (Å²) in [5, 5.41) is 8.93. The molecule has 0 saturated carbocycles. The topological polar surface area (TPSA) is 83.3 Å². The van der Waals surface area contributed by atoms with E-state index in [0.717, 1.165) is 0 Å². The summed E-state index contributed by atoms with van der Waals surface area (Å²) in [5.74, 6) is -1.01. The van der Waals surface area contributed by atoms with E-state index in [9.17, 15) is 9.59 Å². The van der Waals surface area contributed by atoms with Crippen molar-refractivity contribution < 1.29 is 14.3 Å². The zero-order valence-corrected chi connectivity index (χ0v) is 11.5. The number of halogens is 1. The third kappa shape index (κ3) is 3.20. The van der Waals surface area contributed by atoms with E-state index >= 15 is 0 Å². The number of ether oxygens (including phenoxy) is 1. The summed E-state index contributed by atoms with van der Waals surface area (Å²) >= 11 is 5.86. The van der Waals surface area contributed by atoms with E-state index < -0.39 is 5.97 Å². The van der Waals surface area contributed by atoms with Crippen molar-refractivity contribution in [3.63, 3.8) is 0 Å². The molecule has 0 saturated heterocycles. The van der Waals surface area contributed by atoms with Gasteiger partial charge in [-0.3, -0.25) is 4.79 Å². The van der Waals surface area contributed by atoms with Gasteiger partial charge in [-0.1, -0.05) is 11.6 Å². The highest BCUT2D eigenvalue weighted by Gasteiger charge is 2.22. The SMILES string of the molecule is CCOC(=O)c1nc(C#N)c(Cl)cc1N(C)C(C)=O. The number of esters is 1. The average molecular weight is 282 g/mol. The number of aromatic nitrogens is 1. The van der Waals surface area contributed by atoms with E-state index in [4.69, 9.17) is 21.6 Å². The van der Waals surface area contributed by atoms with Crippen molar-refractivity contribution in [1.29, 1.82) is 5.26 Å². The molecule has 1 aromatic heterocycles. The van der Waals surface area contributed by atoms with Crippen molar-refractivity contribution in [3.8, 4) is 6.07 Å². The minimum absolute atomic E-state index is 0.0682. The number of amides is 1. The van der Waals surface area contributed by atoms with Gasteiger partial charge < -0.3 is 9.64 Å². The summed E-state index contributed by atoms with van der Waals surface area (Å²) in [7, 11) is 1.48. The average Bonchev–Trinajstić information content (AvgIpc) is 2.37. The minimum atomic E-state index is -0.709. The second-order valence-corrected chi connectivity index (χ2v) is 4.00. The lowest BCUT2D eigenvalue weighted by Crippen LogP contribution is -2.26. The maximum Gasteiger partial charge on any atom is 0.359 e. The second-order valence-electron chi connectivity index (χ2n) is 3.60. The number of carbonyl (C=O) groups excluding carboxylic acids is 2. The Hall–Kier alpha value is -2.13. The van der Waals surface area contributed by atoms with E-state index in [1.807, 2.05) is 0 Å². The van der Waals surface area contributed by atoms with Crippen LogP contribution >= 0.6 is 11.6 Å². The van der Waals surface area contributed by atoms with Crippen LogP contribution < -0.4 is 4.90 Å². The summed E-state index contributed by atoms with van der Waals surface area (Å²) in [5.41, 5.74) is 0.000807. The molecule has 0 aromatic carbocycles. The van der Waals surface area contributed by atoms with E-state index in [2.05, 4.69) is 4.98 Å². The highest BCUT2D eigenvalue weighted by Crippen LogP contribution is 2.25. The highest BCUT2D eigenvalue weighted by molar-refractivity contribution is 6.32. The molecule has 0 N–H and O–H groups in total. The molecule has 0 unspecified atom stereocenters. The van der Waals surface area contributed by atoms with Gasteiger partial charge in [0.25, 0.3) is 0 Å². The molecule has 0 atom stereocenters. The molecule has 1 aromatic rings. The van der Waals surface area contributed by atoms with Crippen LogP contribution in [0.3, 0.4) is 0 Å². The number of nitriles is 1. The van der Waals surface area contributed by atoms with E-state index in [0.29, 0.717) is 0 Å². The lowest BCUT2D eigenvalue weighted by atomic mass is 10.2. The van der Waals surface area contributed by atoms with Crippen LogP contribution in [-0.4, -0.2) is 30.5 Å². The Kier molecular flexibility index (Phi) is 4.84. The van der Waals surface area contributed by atoms with Gasteiger partial charge >= 0.3 is 5.97 Å². The third-order valence-electron chi connectivity index (χ3n) is 2.36. The van der Waals surface area contributed by atoms with Crippen molar-refractivity contribution in [2.75, 3.05) is 18.6 Å². The molecule has 19 heavy (non-hydrogen) atoms. The molecule has 0 spiro atoms. The summed E-state index contributed by atoms with van der Waals surface area (Å²) in [6, 6.07) is 3.12. The Morgan fingerprint density at radius 3 is 2.68 bits per heavy atom. The normalized spacial score (nSPS) is 9.63.